The van der Waals surface area contributed by atoms with Gasteiger partial charge in [0, 0.05) is 23.0 Å². The Hall–Kier alpha value is -2.50. The molecule has 1 atom stereocenters. The van der Waals surface area contributed by atoms with Crippen molar-refractivity contribution in [3.05, 3.63) is 35.5 Å². The molecular weight excluding hydrogens is 296 g/mol. The molecule has 1 aromatic heterocycles. The Labute approximate surface area is 134 Å². The number of hydrogen-bond donors (Lipinski definition) is 2. The van der Waals surface area contributed by atoms with Gasteiger partial charge in [-0.2, -0.15) is 0 Å². The first kappa shape index (κ1) is 15.4. The number of ether oxygens (including phenoxy) is 1. The van der Waals surface area contributed by atoms with Crippen molar-refractivity contribution in [1.82, 2.24) is 9.88 Å². The topological polar surface area (TPSA) is 82.6 Å². The number of carbonyl (C=O) groups is 2. The van der Waals surface area contributed by atoms with Crippen molar-refractivity contribution in [3.63, 3.8) is 0 Å². The summed E-state index contributed by atoms with van der Waals surface area (Å²) in [6.45, 7) is 2.55. The van der Waals surface area contributed by atoms with Crippen LogP contribution in [0.3, 0.4) is 0 Å². The highest BCUT2D eigenvalue weighted by molar-refractivity contribution is 5.88. The Morgan fingerprint density at radius 2 is 2.17 bits per heavy atom. The fourth-order valence-electron chi connectivity index (χ4n) is 3.01. The molecule has 0 fully saturated rings. The second-order valence-corrected chi connectivity index (χ2v) is 5.78. The Balaban J connectivity index is 1.89. The fourth-order valence-corrected chi connectivity index (χ4v) is 3.01. The zero-order valence-corrected chi connectivity index (χ0v) is 13.0. The standard InChI is InChI=1S/C17H20N2O4/c1-2-3-8-23-17(22)19-10-14-12(9-15(19)16(20)21)11-6-4-5-7-13(11)18-14/h4-7,15,18H,2-3,8-10H2,1H3,(H,20,21). The Kier molecular flexibility index (Phi) is 4.23. The van der Waals surface area contributed by atoms with Gasteiger partial charge in [0.25, 0.3) is 0 Å². The van der Waals surface area contributed by atoms with Crippen molar-refractivity contribution in [3.8, 4) is 0 Å². The van der Waals surface area contributed by atoms with Crippen LogP contribution in [0, 0.1) is 0 Å². The number of unbranched alkanes of at least 4 members (excludes halogenated alkanes) is 1. The summed E-state index contributed by atoms with van der Waals surface area (Å²) in [4.78, 5) is 28.4. The summed E-state index contributed by atoms with van der Waals surface area (Å²) in [5.74, 6) is -1.01. The summed E-state index contributed by atoms with van der Waals surface area (Å²) >= 11 is 0. The lowest BCUT2D eigenvalue weighted by molar-refractivity contribution is -0.143. The summed E-state index contributed by atoms with van der Waals surface area (Å²) in [6, 6.07) is 6.88. The first-order valence-electron chi connectivity index (χ1n) is 7.86. The molecule has 122 valence electrons. The van der Waals surface area contributed by atoms with Gasteiger partial charge in [-0.3, -0.25) is 4.90 Å². The minimum atomic E-state index is -1.01. The number of benzene rings is 1. The van der Waals surface area contributed by atoms with E-state index < -0.39 is 18.1 Å². The number of carboxylic acids is 1. The highest BCUT2D eigenvalue weighted by atomic mass is 16.6. The van der Waals surface area contributed by atoms with Gasteiger partial charge in [-0.25, -0.2) is 9.59 Å². The van der Waals surface area contributed by atoms with Crippen LogP contribution in [0.5, 0.6) is 0 Å². The average Bonchev–Trinajstić information content (AvgIpc) is 2.91. The van der Waals surface area contributed by atoms with E-state index in [1.54, 1.807) is 0 Å². The predicted octanol–water partition coefficient (Wildman–Crippen LogP) is 2.92. The molecule has 0 bridgehead atoms. The molecule has 0 saturated heterocycles. The number of para-hydroxylation sites is 1. The van der Waals surface area contributed by atoms with E-state index in [-0.39, 0.29) is 13.0 Å². The predicted molar refractivity (Wildman–Crippen MR) is 85.2 cm³/mol. The molecule has 1 amide bonds. The number of aromatic nitrogens is 1. The maximum Gasteiger partial charge on any atom is 0.410 e. The van der Waals surface area contributed by atoms with Gasteiger partial charge in [0.1, 0.15) is 6.04 Å². The number of aromatic amines is 1. The lowest BCUT2D eigenvalue weighted by atomic mass is 9.97. The van der Waals surface area contributed by atoms with Gasteiger partial charge in [0.05, 0.1) is 13.2 Å². The lowest BCUT2D eigenvalue weighted by Gasteiger charge is -2.32. The molecule has 1 aliphatic heterocycles. The Morgan fingerprint density at radius 3 is 2.91 bits per heavy atom. The summed E-state index contributed by atoms with van der Waals surface area (Å²) in [6.07, 6.45) is 1.42. The van der Waals surface area contributed by atoms with Crippen LogP contribution >= 0.6 is 0 Å². The van der Waals surface area contributed by atoms with Crippen LogP contribution in [0.25, 0.3) is 10.9 Å². The van der Waals surface area contributed by atoms with Crippen LogP contribution in [-0.2, 0) is 22.5 Å². The van der Waals surface area contributed by atoms with Gasteiger partial charge < -0.3 is 14.8 Å². The average molecular weight is 316 g/mol. The number of nitrogens with zero attached hydrogens (tertiary/aromatic N) is 1. The smallest absolute Gasteiger partial charge is 0.410 e. The zero-order valence-electron chi connectivity index (χ0n) is 13.0. The number of nitrogens with one attached hydrogen (secondary N) is 1. The van der Waals surface area contributed by atoms with E-state index in [1.807, 2.05) is 31.2 Å². The number of rotatable bonds is 4. The van der Waals surface area contributed by atoms with Gasteiger partial charge in [-0.05, 0) is 18.1 Å². The first-order chi connectivity index (χ1) is 11.1. The van der Waals surface area contributed by atoms with Crippen LogP contribution in [0.1, 0.15) is 31.0 Å². The first-order valence-corrected chi connectivity index (χ1v) is 7.86. The molecule has 23 heavy (non-hydrogen) atoms. The maximum atomic E-state index is 12.2. The number of carbonyl (C=O) groups excluding carboxylic acids is 1. The van der Waals surface area contributed by atoms with E-state index in [4.69, 9.17) is 4.74 Å². The number of hydrogen-bond acceptors (Lipinski definition) is 3. The molecule has 6 heteroatoms. The van der Waals surface area contributed by atoms with E-state index in [0.717, 1.165) is 35.0 Å². The zero-order chi connectivity index (χ0) is 16.4. The number of carboxylic acid groups (broad SMARTS) is 1. The highest BCUT2D eigenvalue weighted by Crippen LogP contribution is 2.30. The Morgan fingerprint density at radius 1 is 1.39 bits per heavy atom. The minimum absolute atomic E-state index is 0.228. The van der Waals surface area contributed by atoms with E-state index >= 15 is 0 Å². The summed E-state index contributed by atoms with van der Waals surface area (Å²) in [5, 5.41) is 10.5. The second kappa shape index (κ2) is 6.32. The summed E-state index contributed by atoms with van der Waals surface area (Å²) in [7, 11) is 0. The van der Waals surface area contributed by atoms with Gasteiger partial charge >= 0.3 is 12.1 Å². The van der Waals surface area contributed by atoms with Gasteiger partial charge in [-0.15, -0.1) is 0 Å². The number of amides is 1. The lowest BCUT2D eigenvalue weighted by Crippen LogP contribution is -2.48. The SMILES string of the molecule is CCCCOC(=O)N1Cc2[nH]c3ccccc3c2CC1C(=O)O. The molecule has 0 spiro atoms. The van der Waals surface area contributed by atoms with Crippen LogP contribution < -0.4 is 0 Å². The third-order valence-corrected chi connectivity index (χ3v) is 4.25. The molecular formula is C17H20N2O4. The monoisotopic (exact) mass is 316 g/mol. The van der Waals surface area contributed by atoms with Gasteiger partial charge in [-0.1, -0.05) is 31.5 Å². The van der Waals surface area contributed by atoms with Crippen LogP contribution in [0.15, 0.2) is 24.3 Å². The van der Waals surface area contributed by atoms with Crippen molar-refractivity contribution in [2.45, 2.75) is 38.8 Å². The number of fused-ring (bicyclic) bond motifs is 3. The molecule has 0 saturated carbocycles. The van der Waals surface area contributed by atoms with Crippen LogP contribution in [0.2, 0.25) is 0 Å². The third kappa shape index (κ3) is 2.88. The fraction of sp³-hybridized carbons (Fsp3) is 0.412. The molecule has 1 aliphatic rings. The number of H-pyrrole nitrogens is 1. The highest BCUT2D eigenvalue weighted by Gasteiger charge is 2.37. The molecule has 1 unspecified atom stereocenters. The molecule has 0 radical (unpaired) electrons. The van der Waals surface area contributed by atoms with E-state index in [9.17, 15) is 14.7 Å². The molecule has 1 aromatic carbocycles. The molecule has 2 heterocycles. The third-order valence-electron chi connectivity index (χ3n) is 4.25. The van der Waals surface area contributed by atoms with Crippen molar-refractivity contribution in [2.75, 3.05) is 6.61 Å². The van der Waals surface area contributed by atoms with E-state index in [1.165, 1.54) is 4.90 Å². The normalized spacial score (nSPS) is 17.1. The van der Waals surface area contributed by atoms with Crippen molar-refractivity contribution in [1.29, 1.82) is 0 Å². The van der Waals surface area contributed by atoms with Crippen molar-refractivity contribution < 1.29 is 19.4 Å². The quantitative estimate of drug-likeness (QED) is 0.850. The van der Waals surface area contributed by atoms with Gasteiger partial charge in [0.15, 0.2) is 0 Å². The molecule has 2 N–H and O–H groups in total. The van der Waals surface area contributed by atoms with Gasteiger partial charge in [0.2, 0.25) is 0 Å². The van der Waals surface area contributed by atoms with Crippen molar-refractivity contribution >= 4 is 23.0 Å². The Bertz CT molecular complexity index is 737. The maximum absolute atomic E-state index is 12.2. The minimum Gasteiger partial charge on any atom is -0.480 e. The number of aliphatic carboxylic acids is 1. The second-order valence-electron chi connectivity index (χ2n) is 5.78. The van der Waals surface area contributed by atoms with Crippen molar-refractivity contribution in [2.24, 2.45) is 0 Å². The van der Waals surface area contributed by atoms with E-state index in [2.05, 4.69) is 4.98 Å². The summed E-state index contributed by atoms with van der Waals surface area (Å²) < 4.78 is 5.20. The molecule has 3 rings (SSSR count). The van der Waals surface area contributed by atoms with Crippen LogP contribution in [-0.4, -0.2) is 39.7 Å². The van der Waals surface area contributed by atoms with Crippen LogP contribution in [0.4, 0.5) is 4.79 Å². The molecule has 0 aliphatic carbocycles. The summed E-state index contributed by atoms with van der Waals surface area (Å²) in [5.41, 5.74) is 2.82. The van der Waals surface area contributed by atoms with E-state index in [0.29, 0.717) is 6.61 Å². The molecule has 6 nitrogen and oxygen atoms in total. The largest absolute Gasteiger partial charge is 0.480 e. The molecule has 2 aromatic rings.